The predicted molar refractivity (Wildman–Crippen MR) is 156 cm³/mol. The Morgan fingerprint density at radius 2 is 1.33 bits per heavy atom. The summed E-state index contributed by atoms with van der Waals surface area (Å²) in [6.45, 7) is 2.51. The van der Waals surface area contributed by atoms with E-state index in [9.17, 15) is 39.0 Å². The summed E-state index contributed by atoms with van der Waals surface area (Å²) in [5.74, 6) is -1.83. The van der Waals surface area contributed by atoms with Crippen molar-refractivity contribution in [3.8, 4) is 0 Å². The zero-order chi connectivity index (χ0) is 32.5. The third-order valence-electron chi connectivity index (χ3n) is 7.66. The molecule has 18 heteroatoms. The van der Waals surface area contributed by atoms with Crippen molar-refractivity contribution < 1.29 is 33.1 Å². The Kier molecular flexibility index (Phi) is 9.48. The van der Waals surface area contributed by atoms with Crippen LogP contribution in [0.15, 0.2) is 55.8 Å². The van der Waals surface area contributed by atoms with E-state index in [1.165, 1.54) is 33.7 Å². The smallest absolute Gasteiger partial charge is 0.363 e. The van der Waals surface area contributed by atoms with E-state index in [-0.39, 0.29) is 24.5 Å². The molecular formula is C27H32N5O12P. The van der Waals surface area contributed by atoms with Gasteiger partial charge in [-0.3, -0.25) is 43.4 Å². The van der Waals surface area contributed by atoms with Crippen LogP contribution in [0.2, 0.25) is 0 Å². The molecule has 0 aliphatic carbocycles. The molecule has 0 amide bonds. The van der Waals surface area contributed by atoms with E-state index in [1.54, 1.807) is 13.8 Å². The lowest BCUT2D eigenvalue weighted by Gasteiger charge is -2.26. The molecule has 0 saturated carbocycles. The quantitative estimate of drug-likeness (QED) is 0.154. The number of aliphatic hydroxyl groups is 1. The average Bonchev–Trinajstić information content (AvgIpc) is 3.68. The number of nitrogens with one attached hydrogen (secondary N) is 2. The maximum absolute atomic E-state index is 14.1. The van der Waals surface area contributed by atoms with Gasteiger partial charge in [-0.2, -0.15) is 0 Å². The number of H-pyrrole nitrogens is 2. The van der Waals surface area contributed by atoms with Gasteiger partial charge in [0.2, 0.25) is 0 Å². The van der Waals surface area contributed by atoms with Crippen molar-refractivity contribution in [2.24, 2.45) is 0 Å². The Hall–Kier alpha value is -3.99. The lowest BCUT2D eigenvalue weighted by Crippen LogP contribution is -2.33. The molecule has 45 heavy (non-hydrogen) atoms. The number of non-ortho nitro benzene ring substituents is 1. The molecule has 2 saturated heterocycles. The number of ether oxygens (including phenoxy) is 2. The van der Waals surface area contributed by atoms with Crippen molar-refractivity contribution in [1.82, 2.24) is 19.1 Å². The number of hydrogen-bond donors (Lipinski definition) is 3. The van der Waals surface area contributed by atoms with Crippen LogP contribution in [0.4, 0.5) is 5.69 Å². The minimum atomic E-state index is -4.41. The minimum Gasteiger partial charge on any atom is -0.376 e. The third kappa shape index (κ3) is 7.13. The molecule has 0 bridgehead atoms. The number of nitro benzene ring substituents is 1. The number of nitrogens with zero attached hydrogens (tertiary/aromatic N) is 3. The molecule has 2 aliphatic rings. The van der Waals surface area contributed by atoms with Crippen LogP contribution in [0.1, 0.15) is 60.7 Å². The molecule has 242 valence electrons. The molecule has 4 heterocycles. The Morgan fingerprint density at radius 1 is 0.889 bits per heavy atom. The first-order valence-corrected chi connectivity index (χ1v) is 15.7. The molecular weight excluding hydrogens is 617 g/mol. The molecule has 17 nitrogen and oxygen atoms in total. The SMILES string of the molecule is Cc1cn([C@H]2CC[C@@H](COP(=O)(OC[C@@H]3CC[C@H](n4cc(C)c(=O)[nH]c4=O)O3)C(O)c3ccc([N+](=O)[O-])cc3)O2)c(=O)[nH]c1=O. The first kappa shape index (κ1) is 32.4. The molecule has 2 aromatic heterocycles. The van der Waals surface area contributed by atoms with E-state index in [0.717, 1.165) is 12.1 Å². The van der Waals surface area contributed by atoms with E-state index in [4.69, 9.17) is 18.5 Å². The van der Waals surface area contributed by atoms with Crippen LogP contribution < -0.4 is 22.5 Å². The first-order valence-electron chi connectivity index (χ1n) is 14.1. The van der Waals surface area contributed by atoms with Crippen molar-refractivity contribution >= 4 is 13.3 Å². The van der Waals surface area contributed by atoms with Gasteiger partial charge in [-0.15, -0.1) is 0 Å². The number of benzene rings is 1. The number of aryl methyl sites for hydroxylation is 2. The van der Waals surface area contributed by atoms with Gasteiger partial charge in [0.25, 0.3) is 16.8 Å². The second kappa shape index (κ2) is 13.2. The van der Waals surface area contributed by atoms with E-state index in [0.29, 0.717) is 36.8 Å². The van der Waals surface area contributed by atoms with Crippen LogP contribution >= 0.6 is 7.60 Å². The van der Waals surface area contributed by atoms with Crippen molar-refractivity contribution in [1.29, 1.82) is 0 Å². The van der Waals surface area contributed by atoms with Gasteiger partial charge >= 0.3 is 19.0 Å². The minimum absolute atomic E-state index is 0.0462. The molecule has 0 spiro atoms. The summed E-state index contributed by atoms with van der Waals surface area (Å²) in [5, 5.41) is 22.2. The Labute approximate surface area is 254 Å². The highest BCUT2D eigenvalue weighted by molar-refractivity contribution is 7.54. The normalized spacial score (nSPS) is 22.5. The standard InChI is InChI=1S/C27H32N5O12P/c1-15-11-30(26(36)28-23(15)33)21-9-7-19(43-21)13-41-45(40,25(35)17-3-5-18(6-4-17)32(38)39)42-14-20-8-10-22(44-20)31-12-16(2)24(34)29-27(31)37/h3-6,11-12,19-22,25,35H,7-10,13-14H2,1-2H3,(H,28,33,36)(H,29,34,37)/t19-,20-,21+,22+,25?/m0/s1. The second-order valence-electron chi connectivity index (χ2n) is 10.9. The predicted octanol–water partition coefficient (Wildman–Crippen LogP) is 1.88. The van der Waals surface area contributed by atoms with Crippen LogP contribution in [0.25, 0.3) is 0 Å². The van der Waals surface area contributed by atoms with Gasteiger partial charge in [-0.25, -0.2) is 9.59 Å². The van der Waals surface area contributed by atoms with Crippen molar-refractivity contribution in [3.05, 3.63) is 105 Å². The fraction of sp³-hybridized carbons (Fsp3) is 0.481. The van der Waals surface area contributed by atoms with Crippen LogP contribution in [-0.4, -0.2) is 54.6 Å². The molecule has 3 N–H and O–H groups in total. The number of hydrogen-bond acceptors (Lipinski definition) is 12. The topological polar surface area (TPSA) is 227 Å². The fourth-order valence-corrected chi connectivity index (χ4v) is 6.77. The van der Waals surface area contributed by atoms with Crippen LogP contribution in [0, 0.1) is 24.0 Å². The fourth-order valence-electron chi connectivity index (χ4n) is 5.13. The van der Waals surface area contributed by atoms with Crippen LogP contribution in [-0.2, 0) is 23.1 Å². The molecule has 5 atom stereocenters. The van der Waals surface area contributed by atoms with Crippen molar-refractivity contribution in [2.75, 3.05) is 13.2 Å². The van der Waals surface area contributed by atoms with Gasteiger partial charge in [0.15, 0.2) is 5.85 Å². The van der Waals surface area contributed by atoms with Gasteiger partial charge < -0.3 is 23.6 Å². The maximum Gasteiger partial charge on any atom is 0.363 e. The van der Waals surface area contributed by atoms with Gasteiger partial charge in [0, 0.05) is 35.7 Å². The molecule has 2 fully saturated rings. The summed E-state index contributed by atoms with van der Waals surface area (Å²) in [5.41, 5.74) is -1.86. The van der Waals surface area contributed by atoms with Gasteiger partial charge in [-0.1, -0.05) is 0 Å². The average molecular weight is 650 g/mol. The molecule has 2 aliphatic heterocycles. The Morgan fingerprint density at radius 3 is 1.76 bits per heavy atom. The van der Waals surface area contributed by atoms with Crippen molar-refractivity contribution in [3.63, 3.8) is 0 Å². The monoisotopic (exact) mass is 649 g/mol. The molecule has 0 radical (unpaired) electrons. The van der Waals surface area contributed by atoms with E-state index in [2.05, 4.69) is 9.97 Å². The van der Waals surface area contributed by atoms with Crippen LogP contribution in [0.5, 0.6) is 0 Å². The largest absolute Gasteiger partial charge is 0.376 e. The molecule has 1 unspecified atom stereocenters. The highest BCUT2D eigenvalue weighted by Crippen LogP contribution is 2.60. The van der Waals surface area contributed by atoms with Crippen molar-refractivity contribution in [2.45, 2.75) is 70.0 Å². The number of nitro groups is 1. The van der Waals surface area contributed by atoms with E-state index >= 15 is 0 Å². The van der Waals surface area contributed by atoms with Gasteiger partial charge in [-0.05, 0) is 57.2 Å². The summed E-state index contributed by atoms with van der Waals surface area (Å²) in [6, 6.07) is 4.77. The molecule has 5 rings (SSSR count). The summed E-state index contributed by atoms with van der Waals surface area (Å²) < 4.78 is 39.9. The summed E-state index contributed by atoms with van der Waals surface area (Å²) >= 11 is 0. The summed E-state index contributed by atoms with van der Waals surface area (Å²) in [6.07, 6.45) is 1.59. The maximum atomic E-state index is 14.1. The third-order valence-corrected chi connectivity index (χ3v) is 9.58. The number of aromatic amines is 2. The zero-order valence-corrected chi connectivity index (χ0v) is 25.2. The lowest BCUT2D eigenvalue weighted by molar-refractivity contribution is -0.384. The highest BCUT2D eigenvalue weighted by atomic mass is 31.2. The second-order valence-corrected chi connectivity index (χ2v) is 13.0. The van der Waals surface area contributed by atoms with Crippen LogP contribution in [0.3, 0.4) is 0 Å². The van der Waals surface area contributed by atoms with Gasteiger partial charge in [0.1, 0.15) is 12.5 Å². The Balaban J connectivity index is 1.29. The highest BCUT2D eigenvalue weighted by Gasteiger charge is 2.40. The summed E-state index contributed by atoms with van der Waals surface area (Å²) in [7, 11) is -4.41. The number of aromatic nitrogens is 4. The molecule has 3 aromatic rings. The first-order chi connectivity index (χ1) is 21.3. The van der Waals surface area contributed by atoms with Gasteiger partial charge in [0.05, 0.1) is 30.3 Å². The van der Waals surface area contributed by atoms with E-state index in [1.807, 2.05) is 0 Å². The summed E-state index contributed by atoms with van der Waals surface area (Å²) in [4.78, 5) is 63.0. The lowest BCUT2D eigenvalue weighted by atomic mass is 10.2. The number of aliphatic hydroxyl groups excluding tert-OH is 1. The number of rotatable bonds is 11. The Bertz CT molecular complexity index is 1750. The zero-order valence-electron chi connectivity index (χ0n) is 24.3. The molecule has 1 aromatic carbocycles. The van der Waals surface area contributed by atoms with E-state index < -0.39 is 65.5 Å².